The zero-order valence-electron chi connectivity index (χ0n) is 13.4. The number of para-hydroxylation sites is 1. The van der Waals surface area contributed by atoms with Crippen molar-refractivity contribution in [2.75, 3.05) is 5.32 Å². The van der Waals surface area contributed by atoms with Gasteiger partial charge < -0.3 is 10.6 Å². The number of carbonyl (C=O) groups is 2. The van der Waals surface area contributed by atoms with Crippen LogP contribution in [0.25, 0.3) is 10.9 Å². The van der Waals surface area contributed by atoms with E-state index in [9.17, 15) is 9.59 Å². The Bertz CT molecular complexity index is 924. The van der Waals surface area contributed by atoms with Crippen molar-refractivity contribution in [3.63, 3.8) is 0 Å². The highest BCUT2D eigenvalue weighted by molar-refractivity contribution is 9.10. The monoisotopic (exact) mass is 401 g/mol. The van der Waals surface area contributed by atoms with Gasteiger partial charge in [0.05, 0.1) is 11.7 Å². The Labute approximate surface area is 152 Å². The van der Waals surface area contributed by atoms with Crippen molar-refractivity contribution < 1.29 is 9.59 Å². The number of carbonyl (C=O) groups excluding carboxylic acids is 2. The summed E-state index contributed by atoms with van der Waals surface area (Å²) >= 11 is 3.24. The van der Waals surface area contributed by atoms with E-state index >= 15 is 0 Å². The van der Waals surface area contributed by atoms with Crippen molar-refractivity contribution >= 4 is 44.5 Å². The Morgan fingerprint density at radius 1 is 1.20 bits per heavy atom. The summed E-state index contributed by atoms with van der Waals surface area (Å²) in [5, 5.41) is 10.5. The molecule has 1 atom stereocenters. The minimum atomic E-state index is -0.699. The van der Waals surface area contributed by atoms with E-state index < -0.39 is 6.04 Å². The van der Waals surface area contributed by atoms with Crippen molar-refractivity contribution in [1.29, 1.82) is 0 Å². The molecule has 0 radical (unpaired) electrons. The molecule has 2 aromatic heterocycles. The lowest BCUT2D eigenvalue weighted by atomic mass is 10.2. The van der Waals surface area contributed by atoms with Gasteiger partial charge in [-0.15, -0.1) is 0 Å². The molecule has 128 valence electrons. The minimum absolute atomic E-state index is 0.0419. The predicted octanol–water partition coefficient (Wildman–Crippen LogP) is 2.34. The van der Waals surface area contributed by atoms with Gasteiger partial charge in [0.15, 0.2) is 0 Å². The van der Waals surface area contributed by atoms with Gasteiger partial charge in [-0.25, -0.2) is 4.98 Å². The van der Waals surface area contributed by atoms with Gasteiger partial charge in [0, 0.05) is 5.39 Å². The lowest BCUT2D eigenvalue weighted by Gasteiger charge is -2.14. The van der Waals surface area contributed by atoms with Crippen LogP contribution < -0.4 is 10.6 Å². The number of rotatable bonds is 5. The number of aromatic nitrogens is 3. The number of hydrogen-bond acceptors (Lipinski definition) is 4. The maximum absolute atomic E-state index is 12.2. The number of hydrogen-bond donors (Lipinski definition) is 2. The topological polar surface area (TPSA) is 88.9 Å². The van der Waals surface area contributed by atoms with Crippen LogP contribution in [0.1, 0.15) is 6.92 Å². The molecule has 0 unspecified atom stereocenters. The van der Waals surface area contributed by atoms with E-state index in [1.807, 2.05) is 24.3 Å². The zero-order chi connectivity index (χ0) is 17.8. The molecule has 0 saturated heterocycles. The zero-order valence-corrected chi connectivity index (χ0v) is 15.0. The van der Waals surface area contributed by atoms with Crippen molar-refractivity contribution in [3.05, 3.63) is 53.3 Å². The quantitative estimate of drug-likeness (QED) is 0.642. The van der Waals surface area contributed by atoms with Crippen LogP contribution in [0.3, 0.4) is 0 Å². The molecule has 0 saturated carbocycles. The second kappa shape index (κ2) is 7.43. The third kappa shape index (κ3) is 4.21. The molecule has 3 rings (SSSR count). The maximum atomic E-state index is 12.2. The average Bonchev–Trinajstić information content (AvgIpc) is 2.98. The summed E-state index contributed by atoms with van der Waals surface area (Å²) in [5.74, 6) is -0.221. The number of benzene rings is 1. The highest BCUT2D eigenvalue weighted by Crippen LogP contribution is 2.12. The largest absolute Gasteiger partial charge is 0.343 e. The number of nitrogens with zero attached hydrogens (tertiary/aromatic N) is 3. The lowest BCUT2D eigenvalue weighted by Crippen LogP contribution is -2.43. The first-order valence-corrected chi connectivity index (χ1v) is 8.45. The summed E-state index contributed by atoms with van der Waals surface area (Å²) in [7, 11) is 0. The third-order valence-electron chi connectivity index (χ3n) is 3.58. The van der Waals surface area contributed by atoms with Crippen molar-refractivity contribution in [3.8, 4) is 0 Å². The van der Waals surface area contributed by atoms with E-state index in [0.29, 0.717) is 10.4 Å². The molecule has 0 bridgehead atoms. The van der Waals surface area contributed by atoms with Crippen LogP contribution in [0.2, 0.25) is 0 Å². The normalized spacial score (nSPS) is 11.9. The molecule has 8 heteroatoms. The van der Waals surface area contributed by atoms with Crippen LogP contribution in [0.15, 0.2) is 53.3 Å². The smallest absolute Gasteiger partial charge is 0.247 e. The molecule has 0 aliphatic rings. The number of nitrogens with one attached hydrogen (secondary N) is 2. The second-order valence-electron chi connectivity index (χ2n) is 5.49. The SMILES string of the molecule is C[C@H](NC(=O)Cn1ncc2ccccc21)C(=O)Nc1cccc(Br)n1. The van der Waals surface area contributed by atoms with Gasteiger partial charge in [-0.1, -0.05) is 24.3 Å². The Balaban J connectivity index is 1.59. The first-order chi connectivity index (χ1) is 12.0. The van der Waals surface area contributed by atoms with E-state index in [1.165, 1.54) is 0 Å². The first kappa shape index (κ1) is 17.1. The predicted molar refractivity (Wildman–Crippen MR) is 97.9 cm³/mol. The molecule has 0 spiro atoms. The van der Waals surface area contributed by atoms with Crippen LogP contribution in [0.4, 0.5) is 5.82 Å². The average molecular weight is 402 g/mol. The highest BCUT2D eigenvalue weighted by Gasteiger charge is 2.17. The van der Waals surface area contributed by atoms with E-state index in [2.05, 4.69) is 36.6 Å². The Morgan fingerprint density at radius 3 is 2.80 bits per heavy atom. The first-order valence-electron chi connectivity index (χ1n) is 7.66. The van der Waals surface area contributed by atoms with Crippen LogP contribution in [-0.2, 0) is 16.1 Å². The molecular formula is C17H16BrN5O2. The number of pyridine rings is 1. The fourth-order valence-corrected chi connectivity index (χ4v) is 2.70. The second-order valence-corrected chi connectivity index (χ2v) is 6.30. The van der Waals surface area contributed by atoms with Gasteiger partial charge in [-0.2, -0.15) is 5.10 Å². The fourth-order valence-electron chi connectivity index (χ4n) is 2.35. The molecule has 0 aliphatic heterocycles. The van der Waals surface area contributed by atoms with E-state index in [4.69, 9.17) is 0 Å². The molecule has 2 N–H and O–H groups in total. The standard InChI is InChI=1S/C17H16BrN5O2/c1-11(17(25)22-15-8-4-7-14(18)21-15)20-16(24)10-23-13-6-3-2-5-12(13)9-19-23/h2-9,11H,10H2,1H3,(H,20,24)(H,21,22,25)/t11-/m0/s1. The summed E-state index contributed by atoms with van der Waals surface area (Å²) in [5.41, 5.74) is 0.869. The highest BCUT2D eigenvalue weighted by atomic mass is 79.9. The van der Waals surface area contributed by atoms with Gasteiger partial charge in [0.1, 0.15) is 23.0 Å². The summed E-state index contributed by atoms with van der Waals surface area (Å²) in [6.07, 6.45) is 1.71. The fraction of sp³-hybridized carbons (Fsp3) is 0.176. The van der Waals surface area contributed by atoms with Crippen LogP contribution in [0, 0.1) is 0 Å². The number of amides is 2. The molecule has 0 fully saturated rings. The Hall–Kier alpha value is -2.74. The number of halogens is 1. The number of fused-ring (bicyclic) bond motifs is 1. The molecule has 1 aromatic carbocycles. The summed E-state index contributed by atoms with van der Waals surface area (Å²) in [6, 6.07) is 12.1. The van der Waals surface area contributed by atoms with Gasteiger partial charge >= 0.3 is 0 Å². The Kier molecular flexibility index (Phi) is 5.08. The van der Waals surface area contributed by atoms with E-state index in [1.54, 1.807) is 36.0 Å². The van der Waals surface area contributed by atoms with Gasteiger partial charge in [-0.05, 0) is 41.1 Å². The van der Waals surface area contributed by atoms with Crippen LogP contribution in [0.5, 0.6) is 0 Å². The summed E-state index contributed by atoms with van der Waals surface area (Å²) < 4.78 is 2.22. The molecular weight excluding hydrogens is 386 g/mol. The van der Waals surface area contributed by atoms with Gasteiger partial charge in [0.2, 0.25) is 11.8 Å². The molecule has 2 heterocycles. The molecule has 7 nitrogen and oxygen atoms in total. The third-order valence-corrected chi connectivity index (χ3v) is 4.02. The molecule has 25 heavy (non-hydrogen) atoms. The Morgan fingerprint density at radius 2 is 2.00 bits per heavy atom. The van der Waals surface area contributed by atoms with Crippen LogP contribution >= 0.6 is 15.9 Å². The van der Waals surface area contributed by atoms with E-state index in [0.717, 1.165) is 10.9 Å². The molecule has 3 aromatic rings. The van der Waals surface area contributed by atoms with Crippen LogP contribution in [-0.4, -0.2) is 32.6 Å². The molecule has 2 amide bonds. The van der Waals surface area contributed by atoms with Crippen molar-refractivity contribution in [2.45, 2.75) is 19.5 Å². The van der Waals surface area contributed by atoms with Crippen molar-refractivity contribution in [1.82, 2.24) is 20.1 Å². The lowest BCUT2D eigenvalue weighted by molar-refractivity contribution is -0.126. The summed E-state index contributed by atoms with van der Waals surface area (Å²) in [4.78, 5) is 28.5. The van der Waals surface area contributed by atoms with Gasteiger partial charge in [0.25, 0.3) is 0 Å². The molecule has 0 aliphatic carbocycles. The number of anilines is 1. The summed E-state index contributed by atoms with van der Waals surface area (Å²) in [6.45, 7) is 1.66. The van der Waals surface area contributed by atoms with E-state index in [-0.39, 0.29) is 18.4 Å². The maximum Gasteiger partial charge on any atom is 0.247 e. The van der Waals surface area contributed by atoms with Crippen molar-refractivity contribution in [2.24, 2.45) is 0 Å². The minimum Gasteiger partial charge on any atom is -0.343 e. The van der Waals surface area contributed by atoms with Gasteiger partial charge in [-0.3, -0.25) is 14.3 Å².